The zero-order valence-electron chi connectivity index (χ0n) is 12.4. The van der Waals surface area contributed by atoms with E-state index >= 15 is 0 Å². The second-order valence-electron chi connectivity index (χ2n) is 4.94. The van der Waals surface area contributed by atoms with Crippen LogP contribution in [0.4, 0.5) is 15.8 Å². The lowest BCUT2D eigenvalue weighted by Gasteiger charge is -2.14. The Kier molecular flexibility index (Phi) is 4.62. The van der Waals surface area contributed by atoms with Crippen molar-refractivity contribution in [2.75, 3.05) is 15.7 Å². The Bertz CT molecular complexity index is 941. The highest BCUT2D eigenvalue weighted by atomic mass is 32.2. The molecule has 2 aromatic carbocycles. The van der Waals surface area contributed by atoms with Crippen molar-refractivity contribution in [3.8, 4) is 0 Å². The second-order valence-corrected chi connectivity index (χ2v) is 8.33. The summed E-state index contributed by atoms with van der Waals surface area (Å²) < 4.78 is 65.2. The van der Waals surface area contributed by atoms with E-state index in [1.54, 1.807) is 12.1 Å². The van der Waals surface area contributed by atoms with E-state index in [1.807, 2.05) is 0 Å². The van der Waals surface area contributed by atoms with Crippen molar-refractivity contribution >= 4 is 31.4 Å². The summed E-state index contributed by atoms with van der Waals surface area (Å²) in [6.07, 6.45) is 0.961. The highest BCUT2D eigenvalue weighted by Crippen LogP contribution is 2.26. The first-order valence-corrected chi connectivity index (χ1v) is 9.82. The van der Waals surface area contributed by atoms with Crippen LogP contribution < -0.4 is 9.44 Å². The van der Waals surface area contributed by atoms with E-state index in [0.29, 0.717) is 0 Å². The maximum absolute atomic E-state index is 13.1. The van der Waals surface area contributed by atoms with Crippen LogP contribution in [0.25, 0.3) is 0 Å². The lowest BCUT2D eigenvalue weighted by Crippen LogP contribution is -2.17. The van der Waals surface area contributed by atoms with Crippen LogP contribution in [0.15, 0.2) is 47.4 Å². The zero-order chi connectivity index (χ0) is 17.3. The van der Waals surface area contributed by atoms with Crippen LogP contribution in [0.5, 0.6) is 0 Å². The highest BCUT2D eigenvalue weighted by Gasteiger charge is 2.19. The Morgan fingerprint density at radius 3 is 2.00 bits per heavy atom. The molecule has 0 saturated carbocycles. The van der Waals surface area contributed by atoms with Gasteiger partial charge in [0.2, 0.25) is 10.0 Å². The van der Waals surface area contributed by atoms with Gasteiger partial charge in [0.15, 0.2) is 0 Å². The average Bonchev–Trinajstić information content (AvgIpc) is 2.38. The van der Waals surface area contributed by atoms with Crippen molar-refractivity contribution in [2.45, 2.75) is 11.8 Å². The number of aryl methyl sites for hydroxylation is 1. The minimum atomic E-state index is -3.99. The van der Waals surface area contributed by atoms with Crippen LogP contribution in [0.2, 0.25) is 0 Å². The lowest BCUT2D eigenvalue weighted by molar-refractivity contribution is 0.598. The van der Waals surface area contributed by atoms with Crippen LogP contribution >= 0.6 is 0 Å². The molecule has 0 bridgehead atoms. The molecule has 9 heteroatoms. The van der Waals surface area contributed by atoms with Gasteiger partial charge >= 0.3 is 0 Å². The largest absolute Gasteiger partial charge is 0.282 e. The number of nitrogens with one attached hydrogen (secondary N) is 2. The molecule has 0 atom stereocenters. The molecule has 0 fully saturated rings. The van der Waals surface area contributed by atoms with Crippen molar-refractivity contribution in [1.29, 1.82) is 0 Å². The molecule has 0 aromatic heterocycles. The molecule has 0 heterocycles. The first-order valence-electron chi connectivity index (χ1n) is 6.44. The molecular formula is C14H15FN2O4S2. The van der Waals surface area contributed by atoms with Gasteiger partial charge in [0.25, 0.3) is 10.0 Å². The highest BCUT2D eigenvalue weighted by molar-refractivity contribution is 7.93. The number of anilines is 2. The third-order valence-corrected chi connectivity index (χ3v) is 5.01. The lowest BCUT2D eigenvalue weighted by atomic mass is 10.2. The third-order valence-electron chi connectivity index (χ3n) is 2.89. The summed E-state index contributed by atoms with van der Waals surface area (Å²) in [5, 5.41) is 0. The topological polar surface area (TPSA) is 92.3 Å². The van der Waals surface area contributed by atoms with Gasteiger partial charge in [0.05, 0.1) is 22.5 Å². The Morgan fingerprint density at radius 1 is 0.913 bits per heavy atom. The summed E-state index contributed by atoms with van der Waals surface area (Å²) >= 11 is 0. The van der Waals surface area contributed by atoms with Crippen LogP contribution in [0, 0.1) is 12.7 Å². The Labute approximate surface area is 134 Å². The van der Waals surface area contributed by atoms with Gasteiger partial charge in [0.1, 0.15) is 5.82 Å². The molecular weight excluding hydrogens is 343 g/mol. The predicted molar refractivity (Wildman–Crippen MR) is 86.9 cm³/mol. The molecule has 0 radical (unpaired) electrons. The standard InChI is InChI=1S/C14H15FN2O4S2/c1-10-9-11(15)7-8-14(10)23(20,21)17-13-6-4-3-5-12(13)16-22(2,18)19/h3-9,16-17H,1-2H3. The fourth-order valence-corrected chi connectivity index (χ4v) is 3.86. The first kappa shape index (κ1) is 17.2. The Balaban J connectivity index is 2.42. The number of para-hydroxylation sites is 2. The number of halogens is 1. The molecule has 0 aliphatic heterocycles. The second kappa shape index (κ2) is 6.17. The normalized spacial score (nSPS) is 12.0. The molecule has 0 saturated heterocycles. The maximum atomic E-state index is 13.1. The molecule has 124 valence electrons. The summed E-state index contributed by atoms with van der Waals surface area (Å²) in [5.41, 5.74) is 0.408. The molecule has 0 unspecified atom stereocenters. The summed E-state index contributed by atoms with van der Waals surface area (Å²) in [5.74, 6) is -0.541. The van der Waals surface area contributed by atoms with E-state index in [2.05, 4.69) is 9.44 Å². The number of sulfonamides is 2. The minimum absolute atomic E-state index is 0.0710. The molecule has 0 aliphatic carbocycles. The fraction of sp³-hybridized carbons (Fsp3) is 0.143. The molecule has 0 aliphatic rings. The smallest absolute Gasteiger partial charge is 0.262 e. The first-order chi connectivity index (χ1) is 10.6. The van der Waals surface area contributed by atoms with E-state index in [0.717, 1.165) is 24.5 Å². The SMILES string of the molecule is Cc1cc(F)ccc1S(=O)(=O)Nc1ccccc1NS(C)(=O)=O. The van der Waals surface area contributed by atoms with Crippen molar-refractivity contribution in [3.63, 3.8) is 0 Å². The summed E-state index contributed by atoms with van der Waals surface area (Å²) in [6, 6.07) is 9.27. The Hall–Kier alpha value is -2.13. The maximum Gasteiger partial charge on any atom is 0.262 e. The van der Waals surface area contributed by atoms with Crippen LogP contribution in [-0.4, -0.2) is 23.1 Å². The van der Waals surface area contributed by atoms with Crippen LogP contribution in [0.1, 0.15) is 5.56 Å². The van der Waals surface area contributed by atoms with E-state index in [4.69, 9.17) is 0 Å². The van der Waals surface area contributed by atoms with Gasteiger partial charge in [-0.15, -0.1) is 0 Å². The van der Waals surface area contributed by atoms with Gasteiger partial charge in [-0.25, -0.2) is 21.2 Å². The van der Waals surface area contributed by atoms with Crippen molar-refractivity contribution in [1.82, 2.24) is 0 Å². The number of benzene rings is 2. The number of hydrogen-bond donors (Lipinski definition) is 2. The van der Waals surface area contributed by atoms with Crippen molar-refractivity contribution in [2.24, 2.45) is 0 Å². The molecule has 6 nitrogen and oxygen atoms in total. The monoisotopic (exact) mass is 358 g/mol. The molecule has 2 rings (SSSR count). The van der Waals surface area contributed by atoms with Crippen LogP contribution in [0.3, 0.4) is 0 Å². The van der Waals surface area contributed by atoms with Gasteiger partial charge in [-0.3, -0.25) is 9.44 Å². The molecule has 23 heavy (non-hydrogen) atoms. The summed E-state index contributed by atoms with van der Waals surface area (Å²) in [6.45, 7) is 1.47. The Morgan fingerprint density at radius 2 is 1.48 bits per heavy atom. The van der Waals surface area contributed by atoms with E-state index in [1.165, 1.54) is 19.1 Å². The van der Waals surface area contributed by atoms with Gasteiger partial charge in [0, 0.05) is 0 Å². The fourth-order valence-electron chi connectivity index (χ4n) is 1.97. The summed E-state index contributed by atoms with van der Waals surface area (Å²) in [4.78, 5) is -0.0898. The minimum Gasteiger partial charge on any atom is -0.282 e. The molecule has 0 amide bonds. The quantitative estimate of drug-likeness (QED) is 0.858. The van der Waals surface area contributed by atoms with Gasteiger partial charge in [-0.1, -0.05) is 12.1 Å². The third kappa shape index (κ3) is 4.42. The molecule has 2 N–H and O–H groups in total. The van der Waals surface area contributed by atoms with Crippen LogP contribution in [-0.2, 0) is 20.0 Å². The molecule has 0 spiro atoms. The summed E-state index contributed by atoms with van der Waals surface area (Å²) in [7, 11) is -7.56. The number of rotatable bonds is 5. The van der Waals surface area contributed by atoms with Gasteiger partial charge in [-0.2, -0.15) is 0 Å². The van der Waals surface area contributed by atoms with E-state index < -0.39 is 25.9 Å². The zero-order valence-corrected chi connectivity index (χ0v) is 14.0. The average molecular weight is 358 g/mol. The van der Waals surface area contributed by atoms with Gasteiger partial charge in [-0.05, 0) is 42.8 Å². The van der Waals surface area contributed by atoms with E-state index in [-0.39, 0.29) is 21.8 Å². The van der Waals surface area contributed by atoms with Crippen molar-refractivity contribution in [3.05, 3.63) is 53.8 Å². The van der Waals surface area contributed by atoms with E-state index in [9.17, 15) is 21.2 Å². The van der Waals surface area contributed by atoms with Gasteiger partial charge < -0.3 is 0 Å². The number of hydrogen-bond acceptors (Lipinski definition) is 4. The molecule has 2 aromatic rings. The predicted octanol–water partition coefficient (Wildman–Crippen LogP) is 2.31. The van der Waals surface area contributed by atoms with Crippen molar-refractivity contribution < 1.29 is 21.2 Å².